The van der Waals surface area contributed by atoms with Crippen molar-refractivity contribution in [3.05, 3.63) is 101 Å². The summed E-state index contributed by atoms with van der Waals surface area (Å²) in [5, 5.41) is 0. The Morgan fingerprint density at radius 1 is 0.667 bits per heavy atom. The molecule has 0 unspecified atom stereocenters. The zero-order valence-corrected chi connectivity index (χ0v) is 24.0. The van der Waals surface area contributed by atoms with E-state index in [1.807, 2.05) is 0 Å². The van der Waals surface area contributed by atoms with Crippen LogP contribution in [0.25, 0.3) is 5.70 Å². The smallest absolute Gasteiger partial charge is 0.218 e. The van der Waals surface area contributed by atoms with Gasteiger partial charge in [-0.2, -0.15) is 0 Å². The van der Waals surface area contributed by atoms with Crippen molar-refractivity contribution < 1.29 is 0 Å². The zero-order chi connectivity index (χ0) is 26.3. The molecule has 2 aromatic carbocycles. The molecule has 0 atom stereocenters. The molecule has 0 saturated carbocycles. The van der Waals surface area contributed by atoms with Gasteiger partial charge in [-0.15, -0.1) is 0 Å². The highest BCUT2D eigenvalue weighted by molar-refractivity contribution is 5.79. The van der Waals surface area contributed by atoms with Gasteiger partial charge in [0.1, 0.15) is 0 Å². The van der Waals surface area contributed by atoms with E-state index in [-0.39, 0.29) is 0 Å². The molecule has 2 radical (unpaired) electrons. The molecule has 190 valence electrons. The first-order chi connectivity index (χ1) is 17.0. The van der Waals surface area contributed by atoms with Gasteiger partial charge in [-0.05, 0) is 69.6 Å². The third kappa shape index (κ3) is 4.80. The third-order valence-corrected chi connectivity index (χ3v) is 7.46. The number of rotatable bonds is 7. The van der Waals surface area contributed by atoms with E-state index in [1.54, 1.807) is 0 Å². The number of allylic oxidation sites excluding steroid dienone is 3. The summed E-state index contributed by atoms with van der Waals surface area (Å²) in [6.07, 6.45) is 8.93. The Labute approximate surface area is 220 Å². The van der Waals surface area contributed by atoms with Crippen molar-refractivity contribution >= 4 is 11.4 Å². The molecule has 2 aliphatic heterocycles. The van der Waals surface area contributed by atoms with E-state index < -0.39 is 0 Å². The summed E-state index contributed by atoms with van der Waals surface area (Å²) in [7, 11) is 0. The van der Waals surface area contributed by atoms with E-state index in [4.69, 9.17) is 0 Å². The monoisotopic (exact) mass is 480 g/mol. The highest BCUT2D eigenvalue weighted by Crippen LogP contribution is 2.45. The lowest BCUT2D eigenvalue weighted by Gasteiger charge is -2.32. The summed E-state index contributed by atoms with van der Waals surface area (Å²) in [5.74, 6) is 2.25. The van der Waals surface area contributed by atoms with Crippen LogP contribution in [0.5, 0.6) is 0 Å². The van der Waals surface area contributed by atoms with E-state index in [0.717, 1.165) is 5.70 Å². The van der Waals surface area contributed by atoms with E-state index >= 15 is 0 Å². The minimum Gasteiger partial charge on any atom is -0.314 e. The van der Waals surface area contributed by atoms with E-state index in [9.17, 15) is 0 Å². The Bertz CT molecular complexity index is 1150. The average Bonchev–Trinajstić information content (AvgIpc) is 3.26. The van der Waals surface area contributed by atoms with Gasteiger partial charge in [-0.1, -0.05) is 106 Å². The van der Waals surface area contributed by atoms with Crippen molar-refractivity contribution in [2.24, 2.45) is 0 Å². The van der Waals surface area contributed by atoms with Crippen LogP contribution in [0, 0.1) is 6.67 Å². The Balaban J connectivity index is 1.84. The van der Waals surface area contributed by atoms with Crippen LogP contribution in [0.1, 0.15) is 132 Å². The van der Waals surface area contributed by atoms with Crippen molar-refractivity contribution in [2.75, 3.05) is 4.90 Å². The molecule has 0 spiro atoms. The second kappa shape index (κ2) is 10.3. The molecular weight excluding hydrogens is 436 g/mol. The van der Waals surface area contributed by atoms with Crippen LogP contribution >= 0.6 is 0 Å². The third-order valence-electron chi connectivity index (χ3n) is 7.46. The fourth-order valence-corrected chi connectivity index (χ4v) is 5.36. The second-order valence-corrected chi connectivity index (χ2v) is 11.9. The van der Waals surface area contributed by atoms with Crippen molar-refractivity contribution in [1.82, 2.24) is 4.90 Å². The lowest BCUT2D eigenvalue weighted by Crippen LogP contribution is -2.24. The SMILES string of the molecule is CC(C)c1cc(C(C)C)c(C2=CC=CC3=CN(c4c(C(C)C)cccc4C(C)C)[C]N32)c(C(C)C)c1. The van der Waals surface area contributed by atoms with E-state index in [0.29, 0.717) is 29.6 Å². The van der Waals surface area contributed by atoms with Gasteiger partial charge >= 0.3 is 0 Å². The summed E-state index contributed by atoms with van der Waals surface area (Å²) in [4.78, 5) is 4.53. The molecule has 0 amide bonds. The number of anilines is 1. The summed E-state index contributed by atoms with van der Waals surface area (Å²) >= 11 is 0. The van der Waals surface area contributed by atoms with Crippen molar-refractivity contribution in [2.45, 2.75) is 98.8 Å². The van der Waals surface area contributed by atoms with Gasteiger partial charge in [-0.3, -0.25) is 0 Å². The van der Waals surface area contributed by atoms with Gasteiger partial charge in [0.05, 0.1) is 17.1 Å². The average molecular weight is 481 g/mol. The first-order valence-corrected chi connectivity index (χ1v) is 13.8. The molecule has 2 nitrogen and oxygen atoms in total. The minimum absolute atomic E-state index is 0.434. The molecule has 0 saturated heterocycles. The molecule has 36 heavy (non-hydrogen) atoms. The Kier molecular flexibility index (Phi) is 7.55. The standard InChI is InChI=1S/C34H44N2/c1-21(2)26-17-30(24(7)8)33(31(18-26)25(9)10)32-16-11-13-27-19-35(20-36(27)32)34-28(22(3)4)14-12-15-29(34)23(5)6/h11-19,21-25H,1-10H3. The van der Waals surface area contributed by atoms with Gasteiger partial charge in [0.25, 0.3) is 0 Å². The molecular formula is C34H44N2. The van der Waals surface area contributed by atoms with Crippen LogP contribution in [-0.4, -0.2) is 4.90 Å². The van der Waals surface area contributed by atoms with Crippen molar-refractivity contribution in [3.8, 4) is 0 Å². The molecule has 4 rings (SSSR count). The van der Waals surface area contributed by atoms with Crippen LogP contribution in [0.2, 0.25) is 0 Å². The molecule has 2 heterocycles. The fraction of sp³-hybridized carbons (Fsp3) is 0.441. The van der Waals surface area contributed by atoms with Crippen LogP contribution in [-0.2, 0) is 0 Å². The van der Waals surface area contributed by atoms with Gasteiger partial charge in [-0.25, -0.2) is 0 Å². The van der Waals surface area contributed by atoms with Gasteiger partial charge < -0.3 is 9.80 Å². The maximum absolute atomic E-state index is 3.77. The van der Waals surface area contributed by atoms with E-state index in [1.165, 1.54) is 44.8 Å². The number of fused-ring (bicyclic) bond motifs is 1. The molecule has 0 N–H and O–H groups in total. The summed E-state index contributed by atoms with van der Waals surface area (Å²) in [5.41, 5.74) is 12.1. The number of nitrogens with zero attached hydrogens (tertiary/aromatic N) is 2. The highest BCUT2D eigenvalue weighted by atomic mass is 15.4. The predicted molar refractivity (Wildman–Crippen MR) is 156 cm³/mol. The van der Waals surface area contributed by atoms with Crippen LogP contribution in [0.4, 0.5) is 5.69 Å². The Hall–Kier alpha value is -2.74. The maximum atomic E-state index is 3.77. The van der Waals surface area contributed by atoms with Crippen LogP contribution < -0.4 is 4.90 Å². The number of hydrogen-bond acceptors (Lipinski definition) is 2. The molecule has 0 aliphatic carbocycles. The molecule has 2 heteroatoms. The van der Waals surface area contributed by atoms with E-state index in [2.05, 4.69) is 140 Å². The normalized spacial score (nSPS) is 15.6. The first-order valence-electron chi connectivity index (χ1n) is 13.8. The topological polar surface area (TPSA) is 6.48 Å². The fourth-order valence-electron chi connectivity index (χ4n) is 5.36. The zero-order valence-electron chi connectivity index (χ0n) is 24.0. The summed E-state index contributed by atoms with van der Waals surface area (Å²) in [6.45, 7) is 26.8. The Morgan fingerprint density at radius 2 is 1.19 bits per heavy atom. The maximum Gasteiger partial charge on any atom is 0.218 e. The van der Waals surface area contributed by atoms with Crippen LogP contribution in [0.15, 0.2) is 60.5 Å². The molecule has 0 fully saturated rings. The highest BCUT2D eigenvalue weighted by Gasteiger charge is 2.33. The Morgan fingerprint density at radius 3 is 1.67 bits per heavy atom. The van der Waals surface area contributed by atoms with Gasteiger partial charge in [0, 0.05) is 11.8 Å². The first kappa shape index (κ1) is 26.3. The molecule has 2 aromatic rings. The number of hydrogen-bond donors (Lipinski definition) is 0. The van der Waals surface area contributed by atoms with Gasteiger partial charge in [0.15, 0.2) is 0 Å². The molecule has 2 aliphatic rings. The largest absolute Gasteiger partial charge is 0.314 e. The predicted octanol–water partition coefficient (Wildman–Crippen LogP) is 9.87. The molecule has 0 bridgehead atoms. The minimum atomic E-state index is 0.434. The van der Waals surface area contributed by atoms with Gasteiger partial charge in [0.2, 0.25) is 6.67 Å². The lowest BCUT2D eigenvalue weighted by atomic mass is 9.82. The second-order valence-electron chi connectivity index (χ2n) is 11.9. The van der Waals surface area contributed by atoms with Crippen molar-refractivity contribution in [3.63, 3.8) is 0 Å². The lowest BCUT2D eigenvalue weighted by molar-refractivity contribution is 0.619. The summed E-state index contributed by atoms with van der Waals surface area (Å²) in [6, 6.07) is 11.6. The number of para-hydroxylation sites is 1. The number of benzene rings is 2. The van der Waals surface area contributed by atoms with Crippen molar-refractivity contribution in [1.29, 1.82) is 0 Å². The quantitative estimate of drug-likeness (QED) is 0.389. The van der Waals surface area contributed by atoms with Crippen LogP contribution in [0.3, 0.4) is 0 Å². The molecule has 0 aromatic heterocycles. The summed E-state index contributed by atoms with van der Waals surface area (Å²) < 4.78 is 0.